The molecule has 4 nitrogen and oxygen atoms in total. The summed E-state index contributed by atoms with van der Waals surface area (Å²) in [5.74, 6) is -0.0289. The molecule has 0 bridgehead atoms. The van der Waals surface area contributed by atoms with Crippen LogP contribution in [-0.2, 0) is 4.79 Å². The van der Waals surface area contributed by atoms with Crippen molar-refractivity contribution < 1.29 is 15.0 Å². The van der Waals surface area contributed by atoms with Crippen LogP contribution >= 0.6 is 0 Å². The maximum Gasteiger partial charge on any atom is 0.220 e. The number of carbonyl (C=O) groups excluding carboxylic acids is 1. The van der Waals surface area contributed by atoms with E-state index in [1.807, 2.05) is 0 Å². The molecule has 0 radical (unpaired) electrons. The fourth-order valence-corrected chi connectivity index (χ4v) is 7.24. The Kier molecular flexibility index (Phi) is 41.8. The van der Waals surface area contributed by atoms with E-state index in [4.69, 9.17) is 0 Å². The van der Waals surface area contributed by atoms with Gasteiger partial charge in [-0.15, -0.1) is 0 Å². The molecule has 1 amide bonds. The molecule has 2 atom stereocenters. The molecule has 2 unspecified atom stereocenters. The van der Waals surface area contributed by atoms with Crippen molar-refractivity contribution in [1.29, 1.82) is 0 Å². The molecule has 298 valence electrons. The van der Waals surface area contributed by atoms with Crippen molar-refractivity contribution in [2.75, 3.05) is 6.61 Å². The zero-order valence-corrected chi connectivity index (χ0v) is 34.2. The fourth-order valence-electron chi connectivity index (χ4n) is 7.24. The molecule has 0 aromatic rings. The highest BCUT2D eigenvalue weighted by Crippen LogP contribution is 2.16. The van der Waals surface area contributed by atoms with Crippen molar-refractivity contribution in [1.82, 2.24) is 5.32 Å². The minimum atomic E-state index is -0.654. The summed E-state index contributed by atoms with van der Waals surface area (Å²) >= 11 is 0. The van der Waals surface area contributed by atoms with Crippen molar-refractivity contribution in [3.05, 3.63) is 12.2 Å². The van der Waals surface area contributed by atoms with Crippen LogP contribution in [0.3, 0.4) is 0 Å². The van der Waals surface area contributed by atoms with Gasteiger partial charge in [0.25, 0.3) is 0 Å². The van der Waals surface area contributed by atoms with Gasteiger partial charge in [-0.25, -0.2) is 0 Å². The minimum Gasteiger partial charge on any atom is -0.394 e. The average Bonchev–Trinajstić information content (AvgIpc) is 3.12. The molecule has 4 heteroatoms. The van der Waals surface area contributed by atoms with Crippen molar-refractivity contribution >= 4 is 5.91 Å². The summed E-state index contributed by atoms with van der Waals surface area (Å²) < 4.78 is 0. The number of nitrogens with one attached hydrogen (secondary N) is 1. The lowest BCUT2D eigenvalue weighted by atomic mass is 10.0. The van der Waals surface area contributed by atoms with Gasteiger partial charge in [0.05, 0.1) is 18.8 Å². The van der Waals surface area contributed by atoms with Gasteiger partial charge in [-0.2, -0.15) is 0 Å². The minimum absolute atomic E-state index is 0.0289. The van der Waals surface area contributed by atoms with Crippen molar-refractivity contribution in [3.8, 4) is 0 Å². The van der Waals surface area contributed by atoms with Gasteiger partial charge >= 0.3 is 0 Å². The lowest BCUT2D eigenvalue weighted by molar-refractivity contribution is -0.123. The molecular weight excluding hydrogens is 615 g/mol. The SMILES string of the molecule is CCCCCCCCCC/C=C\CCCCCCCCCCCCCCCCCC(=O)NC(CO)C(O)CCCCCCCCCCCCC. The van der Waals surface area contributed by atoms with E-state index >= 15 is 0 Å². The third-order valence-electron chi connectivity index (χ3n) is 10.8. The maximum absolute atomic E-state index is 12.4. The Morgan fingerprint density at radius 2 is 0.760 bits per heavy atom. The van der Waals surface area contributed by atoms with Crippen LogP contribution in [0.2, 0.25) is 0 Å². The molecule has 0 heterocycles. The summed E-state index contributed by atoms with van der Waals surface area (Å²) in [6.45, 7) is 4.36. The van der Waals surface area contributed by atoms with Gasteiger partial charge in [0, 0.05) is 6.42 Å². The second kappa shape index (κ2) is 42.5. The molecule has 0 aromatic carbocycles. The number of unbranched alkanes of at least 4 members (excludes halogenated alkanes) is 33. The van der Waals surface area contributed by atoms with Gasteiger partial charge in [0.1, 0.15) is 0 Å². The first kappa shape index (κ1) is 49.1. The average molecular weight is 706 g/mol. The highest BCUT2D eigenvalue weighted by molar-refractivity contribution is 5.76. The molecule has 0 fully saturated rings. The summed E-state index contributed by atoms with van der Waals surface area (Å²) in [5.41, 5.74) is 0. The predicted octanol–water partition coefficient (Wildman–Crippen LogP) is 14.2. The van der Waals surface area contributed by atoms with Crippen LogP contribution in [0.25, 0.3) is 0 Å². The summed E-state index contributed by atoms with van der Waals surface area (Å²) in [7, 11) is 0. The normalized spacial score (nSPS) is 13.0. The molecule has 0 rings (SSSR count). The third kappa shape index (κ3) is 38.4. The lowest BCUT2D eigenvalue weighted by Crippen LogP contribution is -2.45. The number of aliphatic hydroxyl groups excluding tert-OH is 2. The summed E-state index contributed by atoms with van der Waals surface area (Å²) in [5, 5.41) is 23.1. The molecule has 0 aliphatic rings. The van der Waals surface area contributed by atoms with Gasteiger partial charge in [-0.05, 0) is 38.5 Å². The van der Waals surface area contributed by atoms with E-state index in [9.17, 15) is 15.0 Å². The summed E-state index contributed by atoms with van der Waals surface area (Å²) in [6.07, 6.45) is 53.0. The highest BCUT2D eigenvalue weighted by atomic mass is 16.3. The van der Waals surface area contributed by atoms with E-state index < -0.39 is 12.1 Å². The van der Waals surface area contributed by atoms with E-state index in [0.717, 1.165) is 25.7 Å². The Labute approximate surface area is 314 Å². The Morgan fingerprint density at radius 1 is 0.460 bits per heavy atom. The van der Waals surface area contributed by atoms with Gasteiger partial charge < -0.3 is 15.5 Å². The van der Waals surface area contributed by atoms with Crippen LogP contribution in [0.15, 0.2) is 12.2 Å². The zero-order valence-electron chi connectivity index (χ0n) is 34.2. The fraction of sp³-hybridized carbons (Fsp3) is 0.935. The molecule has 0 aliphatic heterocycles. The van der Waals surface area contributed by atoms with Gasteiger partial charge in [-0.1, -0.05) is 225 Å². The maximum atomic E-state index is 12.4. The van der Waals surface area contributed by atoms with E-state index in [1.54, 1.807) is 0 Å². The van der Waals surface area contributed by atoms with Crippen molar-refractivity contribution in [2.24, 2.45) is 0 Å². The summed E-state index contributed by atoms with van der Waals surface area (Å²) in [4.78, 5) is 12.4. The van der Waals surface area contributed by atoms with E-state index in [0.29, 0.717) is 12.8 Å². The second-order valence-corrected chi connectivity index (χ2v) is 15.8. The first-order chi connectivity index (χ1) is 24.7. The first-order valence-electron chi connectivity index (χ1n) is 22.9. The molecular formula is C46H91NO3. The quantitative estimate of drug-likeness (QED) is 0.0437. The molecule has 0 saturated carbocycles. The number of amides is 1. The second-order valence-electron chi connectivity index (χ2n) is 15.8. The molecule has 0 spiro atoms. The molecule has 0 aliphatic carbocycles. The Morgan fingerprint density at radius 3 is 1.10 bits per heavy atom. The molecule has 0 saturated heterocycles. The number of hydrogen-bond acceptors (Lipinski definition) is 3. The summed E-state index contributed by atoms with van der Waals surface area (Å²) in [6, 6.07) is -0.530. The predicted molar refractivity (Wildman–Crippen MR) is 221 cm³/mol. The molecule has 50 heavy (non-hydrogen) atoms. The van der Waals surface area contributed by atoms with Crippen LogP contribution < -0.4 is 5.32 Å². The Balaban J connectivity index is 3.42. The Bertz CT molecular complexity index is 680. The number of hydrogen-bond donors (Lipinski definition) is 3. The molecule has 3 N–H and O–H groups in total. The smallest absolute Gasteiger partial charge is 0.220 e. The van der Waals surface area contributed by atoms with Gasteiger partial charge in [-0.3, -0.25) is 4.79 Å². The molecule has 0 aromatic heterocycles. The number of carbonyl (C=O) groups is 1. The van der Waals surface area contributed by atoms with Crippen molar-refractivity contribution in [2.45, 2.75) is 270 Å². The van der Waals surface area contributed by atoms with Crippen LogP contribution in [0.5, 0.6) is 0 Å². The number of rotatable bonds is 42. The van der Waals surface area contributed by atoms with Crippen LogP contribution in [-0.4, -0.2) is 34.9 Å². The topological polar surface area (TPSA) is 69.6 Å². The van der Waals surface area contributed by atoms with Gasteiger partial charge in [0.15, 0.2) is 0 Å². The standard InChI is InChI=1S/C46H91NO3/c1-3-5-7-9-11-13-15-16-17-18-19-20-21-22-23-24-25-26-27-28-29-30-32-34-36-38-40-42-46(50)47-44(43-48)45(49)41-39-37-35-33-31-14-12-10-8-6-4-2/h18-19,44-45,48-49H,3-17,20-43H2,1-2H3,(H,47,50)/b19-18-. The van der Waals surface area contributed by atoms with Gasteiger partial charge in [0.2, 0.25) is 5.91 Å². The van der Waals surface area contributed by atoms with Crippen LogP contribution in [0.4, 0.5) is 0 Å². The lowest BCUT2D eigenvalue weighted by Gasteiger charge is -2.22. The Hall–Kier alpha value is -0.870. The number of aliphatic hydroxyl groups is 2. The zero-order chi connectivity index (χ0) is 36.4. The highest BCUT2D eigenvalue weighted by Gasteiger charge is 2.20. The van der Waals surface area contributed by atoms with E-state index in [-0.39, 0.29) is 12.5 Å². The monoisotopic (exact) mass is 706 g/mol. The van der Waals surface area contributed by atoms with Crippen LogP contribution in [0, 0.1) is 0 Å². The van der Waals surface area contributed by atoms with Crippen molar-refractivity contribution in [3.63, 3.8) is 0 Å². The van der Waals surface area contributed by atoms with Crippen LogP contribution in [0.1, 0.15) is 258 Å². The number of allylic oxidation sites excluding steroid dienone is 2. The largest absolute Gasteiger partial charge is 0.394 e. The first-order valence-corrected chi connectivity index (χ1v) is 22.9. The van der Waals surface area contributed by atoms with E-state index in [2.05, 4.69) is 31.3 Å². The van der Waals surface area contributed by atoms with E-state index in [1.165, 1.54) is 205 Å². The third-order valence-corrected chi connectivity index (χ3v) is 10.8.